The summed E-state index contributed by atoms with van der Waals surface area (Å²) in [5.41, 5.74) is 0.115. The van der Waals surface area contributed by atoms with Crippen molar-refractivity contribution in [1.82, 2.24) is 10.6 Å². The highest BCUT2D eigenvalue weighted by Crippen LogP contribution is 2.36. The first-order chi connectivity index (χ1) is 10.5. The molecule has 1 aliphatic heterocycles. The highest BCUT2D eigenvalue weighted by molar-refractivity contribution is 14.0. The van der Waals surface area contributed by atoms with Crippen molar-refractivity contribution in [2.45, 2.75) is 30.9 Å². The van der Waals surface area contributed by atoms with E-state index >= 15 is 0 Å². The number of benzene rings is 1. The lowest BCUT2D eigenvalue weighted by Crippen LogP contribution is -2.44. The number of halogens is 3. The van der Waals surface area contributed by atoms with Gasteiger partial charge < -0.3 is 10.6 Å². The van der Waals surface area contributed by atoms with Gasteiger partial charge in [-0.25, -0.2) is 8.78 Å². The molecular formula is C16H24F2IN3S. The minimum atomic E-state index is -0.500. The Morgan fingerprint density at radius 1 is 1.30 bits per heavy atom. The van der Waals surface area contributed by atoms with E-state index in [0.29, 0.717) is 12.5 Å². The van der Waals surface area contributed by atoms with Gasteiger partial charge in [0.1, 0.15) is 11.6 Å². The van der Waals surface area contributed by atoms with Gasteiger partial charge in [0.05, 0.1) is 0 Å². The number of hydrogen-bond acceptors (Lipinski definition) is 2. The van der Waals surface area contributed by atoms with Crippen molar-refractivity contribution >= 4 is 41.7 Å². The summed E-state index contributed by atoms with van der Waals surface area (Å²) in [6.07, 6.45) is 2.73. The van der Waals surface area contributed by atoms with Gasteiger partial charge >= 0.3 is 0 Å². The summed E-state index contributed by atoms with van der Waals surface area (Å²) >= 11 is 1.98. The molecule has 1 atom stereocenters. The lowest BCUT2D eigenvalue weighted by Gasteiger charge is -2.24. The van der Waals surface area contributed by atoms with E-state index in [1.165, 1.54) is 36.8 Å². The molecule has 2 N–H and O–H groups in total. The number of aliphatic imine (C=N–C) groups is 1. The molecule has 1 aromatic rings. The van der Waals surface area contributed by atoms with Gasteiger partial charge in [0.2, 0.25) is 0 Å². The highest BCUT2D eigenvalue weighted by Gasteiger charge is 2.29. The Bertz CT molecular complexity index is 514. The molecule has 1 aliphatic rings. The molecule has 0 radical (unpaired) electrons. The van der Waals surface area contributed by atoms with Crippen LogP contribution in [0.25, 0.3) is 0 Å². The largest absolute Gasteiger partial charge is 0.356 e. The predicted molar refractivity (Wildman–Crippen MR) is 105 cm³/mol. The maximum atomic E-state index is 13.5. The van der Waals surface area contributed by atoms with Crippen molar-refractivity contribution in [2.24, 2.45) is 4.99 Å². The molecular weight excluding hydrogens is 431 g/mol. The Balaban J connectivity index is 0.00000264. The van der Waals surface area contributed by atoms with E-state index in [9.17, 15) is 8.78 Å². The number of rotatable bonds is 5. The third kappa shape index (κ3) is 6.10. The van der Waals surface area contributed by atoms with Gasteiger partial charge in [0, 0.05) is 30.4 Å². The van der Waals surface area contributed by atoms with E-state index in [-0.39, 0.29) is 40.7 Å². The second-order valence-electron chi connectivity index (χ2n) is 5.70. The van der Waals surface area contributed by atoms with Gasteiger partial charge in [-0.2, -0.15) is 11.8 Å². The van der Waals surface area contributed by atoms with Gasteiger partial charge in [-0.15, -0.1) is 24.0 Å². The van der Waals surface area contributed by atoms with Crippen molar-refractivity contribution in [1.29, 1.82) is 0 Å². The number of hydrogen-bond donors (Lipinski definition) is 2. The van der Waals surface area contributed by atoms with Crippen molar-refractivity contribution in [3.05, 3.63) is 35.4 Å². The lowest BCUT2D eigenvalue weighted by atomic mass is 10.1. The van der Waals surface area contributed by atoms with Crippen LogP contribution in [0, 0.1) is 11.6 Å². The normalized spacial score (nSPS) is 21.0. The van der Waals surface area contributed by atoms with Gasteiger partial charge in [-0.05, 0) is 44.1 Å². The van der Waals surface area contributed by atoms with Crippen LogP contribution in [0.2, 0.25) is 0 Å². The molecule has 1 saturated heterocycles. The Labute approximate surface area is 158 Å². The first-order valence-electron chi connectivity index (χ1n) is 7.55. The zero-order valence-electron chi connectivity index (χ0n) is 13.5. The molecule has 3 nitrogen and oxygen atoms in total. The monoisotopic (exact) mass is 455 g/mol. The molecule has 23 heavy (non-hydrogen) atoms. The SMILES string of the molecule is CN=C(NCCc1c(F)cccc1F)NCC1(C)CCCS1.I. The van der Waals surface area contributed by atoms with E-state index in [1.54, 1.807) is 7.05 Å². The Morgan fingerprint density at radius 3 is 2.57 bits per heavy atom. The molecule has 7 heteroatoms. The van der Waals surface area contributed by atoms with Crippen LogP contribution in [-0.4, -0.2) is 36.6 Å². The molecule has 0 saturated carbocycles. The summed E-state index contributed by atoms with van der Waals surface area (Å²) in [6.45, 7) is 3.52. The van der Waals surface area contributed by atoms with Crippen LogP contribution < -0.4 is 10.6 Å². The molecule has 0 bridgehead atoms. The first-order valence-corrected chi connectivity index (χ1v) is 8.54. The molecule has 0 aliphatic carbocycles. The van der Waals surface area contributed by atoms with Crippen molar-refractivity contribution in [3.63, 3.8) is 0 Å². The van der Waals surface area contributed by atoms with Gasteiger partial charge in [0.15, 0.2) is 5.96 Å². The van der Waals surface area contributed by atoms with Gasteiger partial charge in [-0.3, -0.25) is 4.99 Å². The van der Waals surface area contributed by atoms with E-state index in [2.05, 4.69) is 22.5 Å². The van der Waals surface area contributed by atoms with E-state index in [0.717, 1.165) is 6.54 Å². The molecule has 130 valence electrons. The van der Waals surface area contributed by atoms with Crippen LogP contribution in [0.5, 0.6) is 0 Å². The molecule has 1 unspecified atom stereocenters. The lowest BCUT2D eigenvalue weighted by molar-refractivity contribution is 0.551. The molecule has 1 aromatic carbocycles. The number of nitrogens with one attached hydrogen (secondary N) is 2. The molecule has 1 heterocycles. The standard InChI is InChI=1S/C16H23F2N3S.HI/c1-16(8-4-10-22-16)11-21-15(19-2)20-9-7-12-13(17)5-3-6-14(12)18;/h3,5-6H,4,7-11H2,1-2H3,(H2,19,20,21);1H. The second kappa shape index (κ2) is 9.66. The highest BCUT2D eigenvalue weighted by atomic mass is 127. The smallest absolute Gasteiger partial charge is 0.191 e. The quantitative estimate of drug-likeness (QED) is 0.405. The Kier molecular flexibility index (Phi) is 8.60. The Hall–Kier alpha value is -0.570. The molecule has 0 amide bonds. The van der Waals surface area contributed by atoms with E-state index < -0.39 is 11.6 Å². The van der Waals surface area contributed by atoms with Crippen LogP contribution >= 0.6 is 35.7 Å². The summed E-state index contributed by atoms with van der Waals surface area (Å²) in [5.74, 6) is 0.876. The summed E-state index contributed by atoms with van der Waals surface area (Å²) in [4.78, 5) is 4.15. The molecule has 1 fully saturated rings. The van der Waals surface area contributed by atoms with Crippen LogP contribution in [0.15, 0.2) is 23.2 Å². The van der Waals surface area contributed by atoms with Crippen molar-refractivity contribution < 1.29 is 8.78 Å². The third-order valence-electron chi connectivity index (χ3n) is 3.88. The van der Waals surface area contributed by atoms with E-state index in [1.807, 2.05) is 11.8 Å². The zero-order valence-corrected chi connectivity index (χ0v) is 16.6. The minimum absolute atomic E-state index is 0. The first kappa shape index (κ1) is 20.5. The number of guanidine groups is 1. The fraction of sp³-hybridized carbons (Fsp3) is 0.562. The summed E-state index contributed by atoms with van der Waals surface area (Å²) < 4.78 is 27.3. The predicted octanol–water partition coefficient (Wildman–Crippen LogP) is 3.58. The number of nitrogens with zero attached hydrogens (tertiary/aromatic N) is 1. The molecule has 0 spiro atoms. The average molecular weight is 455 g/mol. The fourth-order valence-corrected chi connectivity index (χ4v) is 3.79. The maximum absolute atomic E-state index is 13.5. The van der Waals surface area contributed by atoms with Crippen LogP contribution in [0.3, 0.4) is 0 Å². The second-order valence-corrected chi connectivity index (χ2v) is 7.39. The molecule has 0 aromatic heterocycles. The number of thioether (sulfide) groups is 1. The Morgan fingerprint density at radius 2 is 2.00 bits per heavy atom. The zero-order chi connectivity index (χ0) is 16.0. The van der Waals surface area contributed by atoms with Gasteiger partial charge in [-0.1, -0.05) is 6.07 Å². The van der Waals surface area contributed by atoms with Crippen LogP contribution in [0.4, 0.5) is 8.78 Å². The van der Waals surface area contributed by atoms with Crippen LogP contribution in [-0.2, 0) is 6.42 Å². The van der Waals surface area contributed by atoms with Gasteiger partial charge in [0.25, 0.3) is 0 Å². The average Bonchev–Trinajstić information content (AvgIpc) is 2.92. The minimum Gasteiger partial charge on any atom is -0.356 e. The van der Waals surface area contributed by atoms with Crippen LogP contribution in [0.1, 0.15) is 25.3 Å². The maximum Gasteiger partial charge on any atom is 0.191 e. The third-order valence-corrected chi connectivity index (χ3v) is 5.42. The topological polar surface area (TPSA) is 36.4 Å². The van der Waals surface area contributed by atoms with Crippen molar-refractivity contribution in [3.8, 4) is 0 Å². The summed E-state index contributed by atoms with van der Waals surface area (Å²) in [6, 6.07) is 3.94. The van der Waals surface area contributed by atoms with E-state index in [4.69, 9.17) is 0 Å². The molecule has 2 rings (SSSR count). The fourth-order valence-electron chi connectivity index (χ4n) is 2.54. The van der Waals surface area contributed by atoms with Crippen molar-refractivity contribution in [2.75, 3.05) is 25.9 Å². The summed E-state index contributed by atoms with van der Waals surface area (Å²) in [5, 5.41) is 6.41. The summed E-state index contributed by atoms with van der Waals surface area (Å²) in [7, 11) is 1.70.